The number of hydrogen-bond acceptors (Lipinski definition) is 11. The van der Waals surface area contributed by atoms with E-state index in [1.165, 1.54) is 13.4 Å². The SMILES string of the molecule is COC(=O)c1coc(-c2nc3oc2[C@]24c5ccccc5NC2Oc2ccc(cc24)CC[C@H](CC(=O)[C@@H](O)C(C)C)C(=O)N[C@H]3C(C)(C)C)n1. The highest BCUT2D eigenvalue weighted by Crippen LogP contribution is 2.59. The number of para-hydroxylation sites is 1. The highest BCUT2D eigenvalue weighted by atomic mass is 16.5. The van der Waals surface area contributed by atoms with Crippen molar-refractivity contribution >= 4 is 23.3 Å². The first-order valence-electron chi connectivity index (χ1n) is 16.6. The Kier molecular flexibility index (Phi) is 7.89. The van der Waals surface area contributed by atoms with Gasteiger partial charge in [-0.15, -0.1) is 0 Å². The van der Waals surface area contributed by atoms with Crippen LogP contribution < -0.4 is 15.4 Å². The van der Waals surface area contributed by atoms with E-state index < -0.39 is 41.1 Å². The second-order valence-electron chi connectivity index (χ2n) is 14.5. The number of benzene rings is 2. The third kappa shape index (κ3) is 5.29. The fourth-order valence-electron chi connectivity index (χ4n) is 7.15. The Hall–Kier alpha value is -4.97. The van der Waals surface area contributed by atoms with Crippen LogP contribution in [0.4, 0.5) is 5.69 Å². The zero-order chi connectivity index (χ0) is 34.8. The van der Waals surface area contributed by atoms with E-state index in [1.807, 2.05) is 57.2 Å². The van der Waals surface area contributed by atoms with E-state index >= 15 is 0 Å². The molecule has 0 saturated heterocycles. The van der Waals surface area contributed by atoms with Crippen molar-refractivity contribution in [3.8, 4) is 17.3 Å². The predicted octanol–water partition coefficient (Wildman–Crippen LogP) is 5.34. The van der Waals surface area contributed by atoms with Crippen molar-refractivity contribution in [3.63, 3.8) is 0 Å². The Morgan fingerprint density at radius 2 is 1.88 bits per heavy atom. The summed E-state index contributed by atoms with van der Waals surface area (Å²) >= 11 is 0. The number of nitrogens with zero attached hydrogens (tertiary/aromatic N) is 2. The summed E-state index contributed by atoms with van der Waals surface area (Å²) in [5.41, 5.74) is 2.00. The number of esters is 1. The molecular formula is C37H40N4O8. The van der Waals surface area contributed by atoms with E-state index in [-0.39, 0.29) is 47.2 Å². The third-order valence-electron chi connectivity index (χ3n) is 9.81. The van der Waals surface area contributed by atoms with Gasteiger partial charge in [0.05, 0.1) is 7.11 Å². The molecule has 1 amide bonds. The van der Waals surface area contributed by atoms with E-state index in [9.17, 15) is 19.5 Å². The van der Waals surface area contributed by atoms with Gasteiger partial charge in [-0.25, -0.2) is 14.8 Å². The normalized spacial score (nSPS) is 23.2. The number of ketones is 1. The summed E-state index contributed by atoms with van der Waals surface area (Å²) in [7, 11) is 1.26. The molecule has 1 unspecified atom stereocenters. The molecule has 0 fully saturated rings. The number of hydrogen-bond donors (Lipinski definition) is 3. The van der Waals surface area contributed by atoms with Crippen molar-refractivity contribution in [1.29, 1.82) is 0 Å². The van der Waals surface area contributed by atoms with Crippen LogP contribution in [0.25, 0.3) is 11.6 Å². The molecule has 0 saturated carbocycles. The summed E-state index contributed by atoms with van der Waals surface area (Å²) in [6, 6.07) is 13.0. The third-order valence-corrected chi connectivity index (χ3v) is 9.81. The summed E-state index contributed by atoms with van der Waals surface area (Å²) in [5, 5.41) is 17.3. The van der Waals surface area contributed by atoms with E-state index in [2.05, 4.69) is 21.7 Å². The number of amides is 1. The molecule has 4 bridgehead atoms. The van der Waals surface area contributed by atoms with Crippen LogP contribution in [0.15, 0.2) is 57.6 Å². The van der Waals surface area contributed by atoms with Gasteiger partial charge in [0, 0.05) is 23.6 Å². The lowest BCUT2D eigenvalue weighted by Gasteiger charge is -2.31. The predicted molar refractivity (Wildman–Crippen MR) is 177 cm³/mol. The topological polar surface area (TPSA) is 166 Å². The van der Waals surface area contributed by atoms with E-state index in [1.54, 1.807) is 13.8 Å². The van der Waals surface area contributed by atoms with Crippen molar-refractivity contribution < 1.29 is 37.8 Å². The number of fused-ring (bicyclic) bond motifs is 4. The highest BCUT2D eigenvalue weighted by molar-refractivity contribution is 5.89. The van der Waals surface area contributed by atoms with Gasteiger partial charge in [0.1, 0.15) is 29.6 Å². The maximum atomic E-state index is 14.2. The summed E-state index contributed by atoms with van der Waals surface area (Å²) in [6.07, 6.45) is 0.142. The van der Waals surface area contributed by atoms with Gasteiger partial charge >= 0.3 is 5.97 Å². The number of carbonyl (C=O) groups is 3. The summed E-state index contributed by atoms with van der Waals surface area (Å²) in [4.78, 5) is 49.2. The quantitative estimate of drug-likeness (QED) is 0.227. The van der Waals surface area contributed by atoms with E-state index in [4.69, 9.17) is 23.3 Å². The smallest absolute Gasteiger partial charge is 0.360 e. The molecule has 3 aliphatic heterocycles. The van der Waals surface area contributed by atoms with Gasteiger partial charge in [0.2, 0.25) is 17.7 Å². The van der Waals surface area contributed by atoms with Crippen LogP contribution in [-0.4, -0.2) is 52.2 Å². The second-order valence-corrected chi connectivity index (χ2v) is 14.5. The van der Waals surface area contributed by atoms with E-state index in [0.717, 1.165) is 22.4 Å². The standard InChI is InChI=1S/C37H40N4O8/c1-18(2)28(43)25(42)16-20-13-11-19-12-14-26-22(15-19)37(21-9-7-8-10-23(21)39-35(37)48-26)30-27(32-38-24(17-47-32)34(45)46-6)40-33(49-30)29(36(3,4)5)41-31(20)44/h7-10,12,14-15,17-18,20,28-29,35,39,43H,11,13,16H2,1-6H3,(H,41,44)/t20-,28+,29-,35?,37-/m1/s1. The molecule has 2 aromatic carbocycles. The minimum Gasteiger partial charge on any atom is -0.469 e. The van der Waals surface area contributed by atoms with Crippen molar-refractivity contribution in [2.45, 2.75) is 77.7 Å². The number of aryl methyl sites for hydroxylation is 1. The van der Waals surface area contributed by atoms with Crippen LogP contribution in [0.2, 0.25) is 0 Å². The number of carbonyl (C=O) groups excluding carboxylic acids is 3. The first-order valence-corrected chi connectivity index (χ1v) is 16.6. The molecule has 2 aromatic heterocycles. The minimum atomic E-state index is -1.17. The van der Waals surface area contributed by atoms with Gasteiger partial charge < -0.3 is 34.0 Å². The molecule has 5 heterocycles. The fourth-order valence-corrected chi connectivity index (χ4v) is 7.15. The molecule has 0 aliphatic carbocycles. The Bertz CT molecular complexity index is 1950. The lowest BCUT2D eigenvalue weighted by Crippen LogP contribution is -2.41. The van der Waals surface area contributed by atoms with Gasteiger partial charge in [0.15, 0.2) is 29.2 Å². The number of aliphatic hydroxyl groups is 1. The second kappa shape index (κ2) is 11.9. The van der Waals surface area contributed by atoms with Crippen LogP contribution in [0, 0.1) is 17.3 Å². The molecule has 5 atom stereocenters. The number of aliphatic hydroxyl groups excluding tert-OH is 1. The van der Waals surface area contributed by atoms with Crippen LogP contribution >= 0.6 is 0 Å². The molecule has 3 aliphatic rings. The monoisotopic (exact) mass is 668 g/mol. The number of aromatic nitrogens is 2. The number of Topliss-reactive ketones (excluding diaryl/α,β-unsaturated/α-hetero) is 1. The number of oxazole rings is 2. The van der Waals surface area contributed by atoms with Crippen LogP contribution in [0.1, 0.15) is 92.3 Å². The van der Waals surface area contributed by atoms with Gasteiger partial charge in [0.25, 0.3) is 0 Å². The van der Waals surface area contributed by atoms with Crippen molar-refractivity contribution in [1.82, 2.24) is 15.3 Å². The highest BCUT2D eigenvalue weighted by Gasteiger charge is 2.61. The Balaban J connectivity index is 1.47. The number of methoxy groups -OCH3 is 1. The van der Waals surface area contributed by atoms with Crippen molar-refractivity contribution in [2.24, 2.45) is 17.3 Å². The van der Waals surface area contributed by atoms with Crippen molar-refractivity contribution in [3.05, 3.63) is 82.8 Å². The van der Waals surface area contributed by atoms with Gasteiger partial charge in [-0.3, -0.25) is 9.59 Å². The van der Waals surface area contributed by atoms with Crippen LogP contribution in [0.5, 0.6) is 5.75 Å². The van der Waals surface area contributed by atoms with Crippen LogP contribution in [0.3, 0.4) is 0 Å². The summed E-state index contributed by atoms with van der Waals surface area (Å²) in [6.45, 7) is 9.41. The molecular weight excluding hydrogens is 628 g/mol. The molecule has 12 nitrogen and oxygen atoms in total. The average molecular weight is 669 g/mol. The zero-order valence-electron chi connectivity index (χ0n) is 28.3. The van der Waals surface area contributed by atoms with Gasteiger partial charge in [-0.05, 0) is 47.4 Å². The molecule has 4 aromatic rings. The van der Waals surface area contributed by atoms with Crippen molar-refractivity contribution in [2.75, 3.05) is 12.4 Å². The lowest BCUT2D eigenvalue weighted by atomic mass is 9.72. The number of rotatable bonds is 6. The Morgan fingerprint density at radius 1 is 1.10 bits per heavy atom. The number of ether oxygens (including phenoxy) is 2. The molecule has 3 N–H and O–H groups in total. The lowest BCUT2D eigenvalue weighted by molar-refractivity contribution is -0.135. The average Bonchev–Trinajstić information content (AvgIpc) is 3.84. The summed E-state index contributed by atoms with van der Waals surface area (Å²) < 4.78 is 24.2. The van der Waals surface area contributed by atoms with E-state index in [0.29, 0.717) is 24.4 Å². The number of anilines is 1. The van der Waals surface area contributed by atoms with Gasteiger partial charge in [-0.2, -0.15) is 0 Å². The number of nitrogens with one attached hydrogen (secondary N) is 2. The maximum Gasteiger partial charge on any atom is 0.360 e. The maximum absolute atomic E-state index is 14.2. The molecule has 12 heteroatoms. The molecule has 0 radical (unpaired) electrons. The largest absolute Gasteiger partial charge is 0.469 e. The molecule has 49 heavy (non-hydrogen) atoms. The zero-order valence-corrected chi connectivity index (χ0v) is 28.3. The molecule has 1 spiro atoms. The first kappa shape index (κ1) is 32.6. The van der Waals surface area contributed by atoms with Gasteiger partial charge in [-0.1, -0.05) is 65.0 Å². The van der Waals surface area contributed by atoms with Crippen LogP contribution in [-0.2, 0) is 26.2 Å². The first-order chi connectivity index (χ1) is 23.3. The molecule has 7 rings (SSSR count). The Labute approximate surface area is 283 Å². The minimum absolute atomic E-state index is 0.0322. The molecule has 256 valence electrons. The Morgan fingerprint density at radius 3 is 2.61 bits per heavy atom. The fraction of sp³-hybridized carbons (Fsp3) is 0.432. The summed E-state index contributed by atoms with van der Waals surface area (Å²) in [5.74, 6) is -1.17.